The van der Waals surface area contributed by atoms with Gasteiger partial charge in [0.05, 0.1) is 27.2 Å². The zero-order valence-electron chi connectivity index (χ0n) is 14.8. The number of hydrogen-bond acceptors (Lipinski definition) is 2. The topological polar surface area (TPSA) is 70.2 Å². The first-order chi connectivity index (χ1) is 13.6. The first-order valence-corrected chi connectivity index (χ1v) is 9.03. The van der Waals surface area contributed by atoms with Gasteiger partial charge >= 0.3 is 12.2 Å². The van der Waals surface area contributed by atoms with Crippen LogP contribution in [-0.2, 0) is 11.0 Å². The van der Waals surface area contributed by atoms with Gasteiger partial charge in [0.2, 0.25) is 0 Å². The normalized spacial score (nSPS) is 16.9. The molecule has 0 spiro atoms. The molecule has 1 aliphatic heterocycles. The van der Waals surface area contributed by atoms with E-state index >= 15 is 0 Å². The minimum atomic E-state index is -4.54. The van der Waals surface area contributed by atoms with E-state index < -0.39 is 29.7 Å². The van der Waals surface area contributed by atoms with Crippen molar-refractivity contribution in [1.82, 2.24) is 10.6 Å². The molecule has 3 rings (SSSR count). The van der Waals surface area contributed by atoms with Gasteiger partial charge < -0.3 is 16.0 Å². The number of carbonyl (C=O) groups is 2. The van der Waals surface area contributed by atoms with Crippen LogP contribution in [0, 0.1) is 0 Å². The van der Waals surface area contributed by atoms with Gasteiger partial charge in [-0.25, -0.2) is 4.79 Å². The maximum atomic E-state index is 12.9. The lowest BCUT2D eigenvalue weighted by atomic mass is 9.95. The quantitative estimate of drug-likeness (QED) is 0.603. The van der Waals surface area contributed by atoms with E-state index in [2.05, 4.69) is 16.0 Å². The molecular weight excluding hydrogens is 430 g/mol. The molecule has 2 aromatic carbocycles. The number of amides is 3. The van der Waals surface area contributed by atoms with E-state index in [1.54, 1.807) is 6.07 Å². The van der Waals surface area contributed by atoms with Crippen molar-refractivity contribution in [3.63, 3.8) is 0 Å². The second kappa shape index (κ2) is 7.96. The van der Waals surface area contributed by atoms with Crippen molar-refractivity contribution >= 4 is 40.8 Å². The average Bonchev–Trinajstić information content (AvgIpc) is 2.62. The van der Waals surface area contributed by atoms with Crippen molar-refractivity contribution in [2.24, 2.45) is 0 Å². The van der Waals surface area contributed by atoms with Crippen LogP contribution in [0.1, 0.15) is 24.1 Å². The highest BCUT2D eigenvalue weighted by Crippen LogP contribution is 2.33. The summed E-state index contributed by atoms with van der Waals surface area (Å²) in [6.45, 7) is 1.52. The summed E-state index contributed by atoms with van der Waals surface area (Å²) in [5.41, 5.74) is -0.0514. The largest absolute Gasteiger partial charge is 0.416 e. The van der Waals surface area contributed by atoms with Crippen LogP contribution in [0.25, 0.3) is 0 Å². The summed E-state index contributed by atoms with van der Waals surface area (Å²) in [6, 6.07) is 7.48. The summed E-state index contributed by atoms with van der Waals surface area (Å²) >= 11 is 12.0. The van der Waals surface area contributed by atoms with Gasteiger partial charge in [0.25, 0.3) is 5.91 Å². The molecule has 1 heterocycles. The van der Waals surface area contributed by atoms with Crippen molar-refractivity contribution in [1.29, 1.82) is 0 Å². The molecule has 0 aliphatic carbocycles. The molecule has 5 nitrogen and oxygen atoms in total. The van der Waals surface area contributed by atoms with Crippen molar-refractivity contribution in [2.45, 2.75) is 19.1 Å². The molecule has 0 radical (unpaired) electrons. The molecule has 3 amide bonds. The predicted molar refractivity (Wildman–Crippen MR) is 104 cm³/mol. The maximum Gasteiger partial charge on any atom is 0.416 e. The molecule has 0 bridgehead atoms. The smallest absolute Gasteiger partial charge is 0.327 e. The van der Waals surface area contributed by atoms with Gasteiger partial charge in [0.1, 0.15) is 0 Å². The zero-order chi connectivity index (χ0) is 21.3. The van der Waals surface area contributed by atoms with E-state index in [0.29, 0.717) is 10.6 Å². The lowest BCUT2D eigenvalue weighted by Crippen LogP contribution is -2.46. The Hall–Kier alpha value is -2.71. The van der Waals surface area contributed by atoms with Crippen molar-refractivity contribution in [3.8, 4) is 0 Å². The summed E-state index contributed by atoms with van der Waals surface area (Å²) in [5.74, 6) is -0.676. The first kappa shape index (κ1) is 21.0. The molecule has 152 valence electrons. The van der Waals surface area contributed by atoms with Crippen LogP contribution >= 0.6 is 23.2 Å². The van der Waals surface area contributed by atoms with Crippen LogP contribution in [0.3, 0.4) is 0 Å². The molecule has 10 heteroatoms. The van der Waals surface area contributed by atoms with Gasteiger partial charge in [-0.3, -0.25) is 4.79 Å². The van der Waals surface area contributed by atoms with Crippen LogP contribution in [0.5, 0.6) is 0 Å². The third kappa shape index (κ3) is 4.65. The number of allylic oxidation sites excluding steroid dienone is 1. The van der Waals surface area contributed by atoms with Gasteiger partial charge in [-0.05, 0) is 42.8 Å². The highest BCUT2D eigenvalue weighted by atomic mass is 35.5. The minimum Gasteiger partial charge on any atom is -0.327 e. The Morgan fingerprint density at radius 2 is 1.83 bits per heavy atom. The number of carbonyl (C=O) groups excluding carboxylic acids is 2. The number of hydrogen-bond donors (Lipinski definition) is 3. The van der Waals surface area contributed by atoms with Crippen molar-refractivity contribution in [3.05, 3.63) is 74.9 Å². The summed E-state index contributed by atoms with van der Waals surface area (Å²) in [6.07, 6.45) is -4.54. The second-order valence-corrected chi connectivity index (χ2v) is 7.09. The molecule has 0 aromatic heterocycles. The Labute approximate surface area is 173 Å². The number of nitrogens with one attached hydrogen (secondary N) is 3. The molecule has 0 fully saturated rings. The van der Waals surface area contributed by atoms with E-state index in [9.17, 15) is 22.8 Å². The zero-order valence-corrected chi connectivity index (χ0v) is 16.3. The minimum absolute atomic E-state index is 0.0325. The molecule has 1 unspecified atom stereocenters. The standard InChI is InChI=1S/C19H14Cl2F3N3O2/c1-9-15(17(28)26-12-4-2-3-11(8-12)19(22,23)24)16(27-18(29)25-9)10-5-6-13(20)14(21)7-10/h2-8,16H,1H3,(H,26,28)(H2,25,27,29). The third-order valence-corrected chi connectivity index (χ3v) is 4.98. The van der Waals surface area contributed by atoms with Crippen LogP contribution < -0.4 is 16.0 Å². The van der Waals surface area contributed by atoms with Gasteiger partial charge in [-0.1, -0.05) is 35.3 Å². The fraction of sp³-hybridized carbons (Fsp3) is 0.158. The Morgan fingerprint density at radius 1 is 1.10 bits per heavy atom. The fourth-order valence-corrected chi connectivity index (χ4v) is 3.22. The van der Waals surface area contributed by atoms with Crippen LogP contribution in [0.4, 0.5) is 23.7 Å². The summed E-state index contributed by atoms with van der Waals surface area (Å²) in [7, 11) is 0. The van der Waals surface area contributed by atoms with E-state index in [-0.39, 0.29) is 22.0 Å². The van der Waals surface area contributed by atoms with Gasteiger partial charge in [-0.15, -0.1) is 0 Å². The highest BCUT2D eigenvalue weighted by molar-refractivity contribution is 6.42. The number of anilines is 1. The summed E-state index contributed by atoms with van der Waals surface area (Å²) in [5, 5.41) is 8.07. The van der Waals surface area contributed by atoms with E-state index in [0.717, 1.165) is 12.1 Å². The summed E-state index contributed by atoms with van der Waals surface area (Å²) < 4.78 is 38.7. The molecule has 1 aliphatic rings. The van der Waals surface area contributed by atoms with Gasteiger partial charge in [-0.2, -0.15) is 13.2 Å². The fourth-order valence-electron chi connectivity index (χ4n) is 2.91. The number of benzene rings is 2. The monoisotopic (exact) mass is 443 g/mol. The molecule has 1 atom stereocenters. The lowest BCUT2D eigenvalue weighted by molar-refractivity contribution is -0.137. The van der Waals surface area contributed by atoms with Crippen LogP contribution in [0.2, 0.25) is 10.0 Å². The average molecular weight is 444 g/mol. The summed E-state index contributed by atoms with van der Waals surface area (Å²) in [4.78, 5) is 24.8. The van der Waals surface area contributed by atoms with E-state index in [1.807, 2.05) is 0 Å². The Morgan fingerprint density at radius 3 is 2.48 bits per heavy atom. The molecule has 0 saturated heterocycles. The molecule has 29 heavy (non-hydrogen) atoms. The lowest BCUT2D eigenvalue weighted by Gasteiger charge is -2.29. The molecule has 0 saturated carbocycles. The Kier molecular flexibility index (Phi) is 5.77. The number of alkyl halides is 3. The second-order valence-electron chi connectivity index (χ2n) is 6.28. The molecule has 3 N–H and O–H groups in total. The SMILES string of the molecule is CC1=C(C(=O)Nc2cccc(C(F)(F)F)c2)C(c2ccc(Cl)c(Cl)c2)NC(=O)N1. The van der Waals surface area contributed by atoms with Gasteiger partial charge in [0.15, 0.2) is 0 Å². The molecular formula is C19H14Cl2F3N3O2. The van der Waals surface area contributed by atoms with Crippen LogP contribution in [-0.4, -0.2) is 11.9 Å². The van der Waals surface area contributed by atoms with E-state index in [4.69, 9.17) is 23.2 Å². The third-order valence-electron chi connectivity index (χ3n) is 4.24. The number of urea groups is 1. The predicted octanol–water partition coefficient (Wildman–Crippen LogP) is 5.28. The van der Waals surface area contributed by atoms with Crippen LogP contribution in [0.15, 0.2) is 53.7 Å². The van der Waals surface area contributed by atoms with Gasteiger partial charge in [0, 0.05) is 11.4 Å². The maximum absolute atomic E-state index is 12.9. The number of rotatable bonds is 3. The van der Waals surface area contributed by atoms with E-state index in [1.165, 1.54) is 31.2 Å². The first-order valence-electron chi connectivity index (χ1n) is 8.28. The highest BCUT2D eigenvalue weighted by Gasteiger charge is 2.33. The molecule has 2 aromatic rings. The van der Waals surface area contributed by atoms with Crippen molar-refractivity contribution < 1.29 is 22.8 Å². The van der Waals surface area contributed by atoms with Crippen molar-refractivity contribution in [2.75, 3.05) is 5.32 Å². The number of halogens is 5. The Bertz CT molecular complexity index is 1020. The Balaban J connectivity index is 1.95.